The zero-order valence-electron chi connectivity index (χ0n) is 16.0. The highest BCUT2D eigenvalue weighted by molar-refractivity contribution is 6.02. The molecule has 0 radical (unpaired) electrons. The van der Waals surface area contributed by atoms with Gasteiger partial charge < -0.3 is 19.6 Å². The second-order valence-corrected chi connectivity index (χ2v) is 6.47. The SMILES string of the molecule is CC(NC(=O)Cn1cc(NC(=O)c2ccco2)cn1)c1nc(-c2ccccc2)no1. The first-order valence-electron chi connectivity index (χ1n) is 9.14. The highest BCUT2D eigenvalue weighted by Crippen LogP contribution is 2.18. The molecule has 0 aliphatic rings. The molecule has 0 spiro atoms. The smallest absolute Gasteiger partial charge is 0.291 e. The normalized spacial score (nSPS) is 11.8. The molecule has 10 heteroatoms. The summed E-state index contributed by atoms with van der Waals surface area (Å²) in [6.45, 7) is 1.71. The summed E-state index contributed by atoms with van der Waals surface area (Å²) in [5, 5.41) is 13.4. The molecular formula is C20H18N6O4. The van der Waals surface area contributed by atoms with Crippen LogP contribution in [0.3, 0.4) is 0 Å². The van der Waals surface area contributed by atoms with Gasteiger partial charge in [0.2, 0.25) is 17.6 Å². The summed E-state index contributed by atoms with van der Waals surface area (Å²) in [6.07, 6.45) is 4.41. The van der Waals surface area contributed by atoms with Crippen LogP contribution < -0.4 is 10.6 Å². The minimum Gasteiger partial charge on any atom is -0.459 e. The minimum atomic E-state index is -0.476. The lowest BCUT2D eigenvalue weighted by Gasteiger charge is -2.09. The Labute approximate surface area is 170 Å². The molecule has 30 heavy (non-hydrogen) atoms. The minimum absolute atomic E-state index is 0.0410. The topological polar surface area (TPSA) is 128 Å². The van der Waals surface area contributed by atoms with Gasteiger partial charge in [-0.05, 0) is 19.1 Å². The van der Waals surface area contributed by atoms with E-state index in [1.54, 1.807) is 25.3 Å². The van der Waals surface area contributed by atoms with E-state index in [0.717, 1.165) is 5.56 Å². The van der Waals surface area contributed by atoms with Gasteiger partial charge in [-0.1, -0.05) is 35.5 Å². The van der Waals surface area contributed by atoms with Crippen LogP contribution in [0.15, 0.2) is 70.1 Å². The molecule has 4 rings (SSSR count). The summed E-state index contributed by atoms with van der Waals surface area (Å²) in [4.78, 5) is 28.6. The number of rotatable bonds is 7. The monoisotopic (exact) mass is 406 g/mol. The number of furan rings is 1. The van der Waals surface area contributed by atoms with Crippen molar-refractivity contribution >= 4 is 17.5 Å². The van der Waals surface area contributed by atoms with Gasteiger partial charge in [0.1, 0.15) is 12.6 Å². The zero-order chi connectivity index (χ0) is 20.9. The number of hydrogen-bond donors (Lipinski definition) is 2. The molecule has 0 aliphatic heterocycles. The fraction of sp³-hybridized carbons (Fsp3) is 0.150. The van der Waals surface area contributed by atoms with Crippen LogP contribution in [0.4, 0.5) is 5.69 Å². The molecular weight excluding hydrogens is 388 g/mol. The first kappa shape index (κ1) is 19.1. The van der Waals surface area contributed by atoms with E-state index in [2.05, 4.69) is 25.9 Å². The van der Waals surface area contributed by atoms with Crippen molar-refractivity contribution in [1.82, 2.24) is 25.2 Å². The average molecular weight is 406 g/mol. The third-order valence-corrected chi connectivity index (χ3v) is 4.16. The highest BCUT2D eigenvalue weighted by Gasteiger charge is 2.18. The van der Waals surface area contributed by atoms with Gasteiger partial charge in [0.15, 0.2) is 5.76 Å². The van der Waals surface area contributed by atoms with Gasteiger partial charge in [0.25, 0.3) is 5.91 Å². The molecule has 0 aliphatic carbocycles. The molecule has 2 N–H and O–H groups in total. The van der Waals surface area contributed by atoms with Crippen LogP contribution in [-0.4, -0.2) is 31.7 Å². The lowest BCUT2D eigenvalue weighted by atomic mass is 10.2. The van der Waals surface area contributed by atoms with Crippen LogP contribution in [0, 0.1) is 0 Å². The summed E-state index contributed by atoms with van der Waals surface area (Å²) in [7, 11) is 0. The molecule has 10 nitrogen and oxygen atoms in total. The third kappa shape index (κ3) is 4.43. The number of aromatic nitrogens is 4. The maximum Gasteiger partial charge on any atom is 0.291 e. The molecule has 0 bridgehead atoms. The third-order valence-electron chi connectivity index (χ3n) is 4.16. The van der Waals surface area contributed by atoms with Gasteiger partial charge in [-0.3, -0.25) is 14.3 Å². The Morgan fingerprint density at radius 3 is 2.77 bits per heavy atom. The molecule has 1 aromatic carbocycles. The second-order valence-electron chi connectivity index (χ2n) is 6.47. The van der Waals surface area contributed by atoms with Crippen LogP contribution >= 0.6 is 0 Å². The summed E-state index contributed by atoms with van der Waals surface area (Å²) in [6, 6.07) is 12.1. The second kappa shape index (κ2) is 8.43. The Balaban J connectivity index is 1.32. The van der Waals surface area contributed by atoms with Gasteiger partial charge in [-0.15, -0.1) is 0 Å². The van der Waals surface area contributed by atoms with Gasteiger partial charge in [-0.25, -0.2) is 0 Å². The molecule has 152 valence electrons. The number of amides is 2. The van der Waals surface area contributed by atoms with Crippen LogP contribution in [0.2, 0.25) is 0 Å². The van der Waals surface area contributed by atoms with Gasteiger partial charge in [0, 0.05) is 11.8 Å². The van der Waals surface area contributed by atoms with Crippen LogP contribution in [-0.2, 0) is 11.3 Å². The standard InChI is InChI=1S/C20H18N6O4/c1-13(20-24-18(25-30-20)14-6-3-2-4-7-14)22-17(27)12-26-11-15(10-21-26)23-19(28)16-8-5-9-29-16/h2-11,13H,12H2,1H3,(H,22,27)(H,23,28). The predicted octanol–water partition coefficient (Wildman–Crippen LogP) is 2.66. The molecule has 0 fully saturated rings. The van der Waals surface area contributed by atoms with E-state index in [4.69, 9.17) is 8.94 Å². The number of benzene rings is 1. The van der Waals surface area contributed by atoms with Crippen molar-refractivity contribution < 1.29 is 18.5 Å². The summed E-state index contributed by atoms with van der Waals surface area (Å²) in [5.41, 5.74) is 1.27. The molecule has 3 heterocycles. The van der Waals surface area contributed by atoms with Crippen molar-refractivity contribution in [1.29, 1.82) is 0 Å². The van der Waals surface area contributed by atoms with E-state index >= 15 is 0 Å². The first-order chi connectivity index (χ1) is 14.6. The fourth-order valence-corrected chi connectivity index (χ4v) is 2.73. The van der Waals surface area contributed by atoms with Crippen LogP contribution in [0.1, 0.15) is 29.4 Å². The molecule has 3 aromatic heterocycles. The lowest BCUT2D eigenvalue weighted by Crippen LogP contribution is -2.30. The van der Waals surface area contributed by atoms with E-state index in [1.807, 2.05) is 30.3 Å². The highest BCUT2D eigenvalue weighted by atomic mass is 16.5. The zero-order valence-corrected chi connectivity index (χ0v) is 16.0. The van der Waals surface area contributed by atoms with Gasteiger partial charge in [-0.2, -0.15) is 10.1 Å². The molecule has 2 amide bonds. The largest absolute Gasteiger partial charge is 0.459 e. The first-order valence-corrected chi connectivity index (χ1v) is 9.14. The van der Waals surface area contributed by atoms with Crippen LogP contribution in [0.5, 0.6) is 0 Å². The van der Waals surface area contributed by atoms with Gasteiger partial charge >= 0.3 is 0 Å². The van der Waals surface area contributed by atoms with E-state index in [1.165, 1.54) is 17.1 Å². The molecule has 4 aromatic rings. The summed E-state index contributed by atoms with van der Waals surface area (Å²) < 4.78 is 11.7. The summed E-state index contributed by atoms with van der Waals surface area (Å²) in [5.74, 6) is 0.241. The molecule has 1 atom stereocenters. The number of carbonyl (C=O) groups excluding carboxylic acids is 2. The summed E-state index contributed by atoms with van der Waals surface area (Å²) >= 11 is 0. The Hall–Kier alpha value is -4.21. The van der Waals surface area contributed by atoms with Crippen molar-refractivity contribution in [2.24, 2.45) is 0 Å². The quantitative estimate of drug-likeness (QED) is 0.483. The van der Waals surface area contributed by atoms with E-state index < -0.39 is 11.9 Å². The Bertz CT molecular complexity index is 1130. The Morgan fingerprint density at radius 2 is 2.00 bits per heavy atom. The Morgan fingerprint density at radius 1 is 1.17 bits per heavy atom. The Kier molecular flexibility index (Phi) is 5.37. The maximum absolute atomic E-state index is 12.3. The number of carbonyl (C=O) groups is 2. The molecule has 1 unspecified atom stereocenters. The average Bonchev–Trinajstić information content (AvgIpc) is 3.50. The predicted molar refractivity (Wildman–Crippen MR) is 105 cm³/mol. The maximum atomic E-state index is 12.3. The van der Waals surface area contributed by atoms with Gasteiger partial charge in [0.05, 0.1) is 18.1 Å². The number of hydrogen-bond acceptors (Lipinski definition) is 7. The van der Waals surface area contributed by atoms with Crippen LogP contribution in [0.25, 0.3) is 11.4 Å². The van der Waals surface area contributed by atoms with Crippen molar-refractivity contribution in [3.8, 4) is 11.4 Å². The van der Waals surface area contributed by atoms with Crippen molar-refractivity contribution in [2.45, 2.75) is 19.5 Å². The number of anilines is 1. The molecule has 0 saturated heterocycles. The van der Waals surface area contributed by atoms with E-state index in [0.29, 0.717) is 17.4 Å². The fourth-order valence-electron chi connectivity index (χ4n) is 2.73. The van der Waals surface area contributed by atoms with Crippen molar-refractivity contribution in [3.63, 3.8) is 0 Å². The van der Waals surface area contributed by atoms with E-state index in [9.17, 15) is 9.59 Å². The molecule has 0 saturated carbocycles. The lowest BCUT2D eigenvalue weighted by molar-refractivity contribution is -0.122. The van der Waals surface area contributed by atoms with E-state index in [-0.39, 0.29) is 18.2 Å². The number of nitrogens with zero attached hydrogens (tertiary/aromatic N) is 4. The van der Waals surface area contributed by atoms with Crippen molar-refractivity contribution in [2.75, 3.05) is 5.32 Å². The number of nitrogens with one attached hydrogen (secondary N) is 2. The van der Waals surface area contributed by atoms with Crippen molar-refractivity contribution in [3.05, 3.63) is 72.8 Å².